The molecule has 1 aliphatic carbocycles. The smallest absolute Gasteiger partial charge is 0.236 e. The van der Waals surface area contributed by atoms with Gasteiger partial charge >= 0.3 is 0 Å². The fourth-order valence-electron chi connectivity index (χ4n) is 2.52. The van der Waals surface area contributed by atoms with E-state index >= 15 is 0 Å². The molecular weight excluding hydrogens is 291 g/mol. The molecule has 1 aromatic carbocycles. The summed E-state index contributed by atoms with van der Waals surface area (Å²) in [6.07, 6.45) is 2.74. The number of carbonyl (C=O) groups excluding carboxylic acids is 1. The van der Waals surface area contributed by atoms with Crippen LogP contribution in [0.5, 0.6) is 0 Å². The number of nitrogens with one attached hydrogen (secondary N) is 1. The van der Waals surface area contributed by atoms with Crippen LogP contribution in [0.15, 0.2) is 24.3 Å². The quantitative estimate of drug-likeness (QED) is 0.848. The van der Waals surface area contributed by atoms with Gasteiger partial charge in [0.05, 0.1) is 6.04 Å². The van der Waals surface area contributed by atoms with Crippen molar-refractivity contribution in [2.75, 3.05) is 6.54 Å². The third-order valence-corrected chi connectivity index (χ3v) is 3.97. The van der Waals surface area contributed by atoms with Gasteiger partial charge in [0.2, 0.25) is 5.91 Å². The third kappa shape index (κ3) is 4.68. The molecule has 0 heterocycles. The first-order valence-electron chi connectivity index (χ1n) is 7.22. The van der Waals surface area contributed by atoms with Gasteiger partial charge in [-0.05, 0) is 42.9 Å². The Bertz CT molecular complexity index is 472. The molecule has 1 fully saturated rings. The SMILES string of the molecule is CC(C)C[C@H](N)C(=O)NCC1(c2ccc(F)cc2)CC1.Cl. The lowest BCUT2D eigenvalue weighted by Gasteiger charge is -2.19. The zero-order valence-corrected chi connectivity index (χ0v) is 13.4. The Kier molecular flexibility index (Phi) is 6.17. The van der Waals surface area contributed by atoms with Crippen LogP contribution >= 0.6 is 12.4 Å². The maximum absolute atomic E-state index is 13.0. The van der Waals surface area contributed by atoms with Gasteiger partial charge in [0.25, 0.3) is 0 Å². The molecule has 3 N–H and O–H groups in total. The molecule has 1 saturated carbocycles. The highest BCUT2D eigenvalue weighted by atomic mass is 35.5. The van der Waals surface area contributed by atoms with Crippen molar-refractivity contribution < 1.29 is 9.18 Å². The molecule has 0 saturated heterocycles. The molecular formula is C16H24ClFN2O. The molecule has 1 amide bonds. The Hall–Kier alpha value is -1.13. The zero-order chi connectivity index (χ0) is 14.8. The molecule has 0 radical (unpaired) electrons. The fraction of sp³-hybridized carbons (Fsp3) is 0.562. The van der Waals surface area contributed by atoms with Crippen LogP contribution in [0.2, 0.25) is 0 Å². The van der Waals surface area contributed by atoms with Crippen molar-refractivity contribution in [3.63, 3.8) is 0 Å². The fourth-order valence-corrected chi connectivity index (χ4v) is 2.52. The van der Waals surface area contributed by atoms with Gasteiger partial charge in [-0.2, -0.15) is 0 Å². The van der Waals surface area contributed by atoms with Gasteiger partial charge in [-0.15, -0.1) is 12.4 Å². The topological polar surface area (TPSA) is 55.1 Å². The van der Waals surface area contributed by atoms with Gasteiger partial charge < -0.3 is 11.1 Å². The lowest BCUT2D eigenvalue weighted by Crippen LogP contribution is -2.44. The number of rotatable bonds is 6. The molecule has 0 aliphatic heterocycles. The molecule has 1 aliphatic rings. The van der Waals surface area contributed by atoms with Crippen molar-refractivity contribution in [2.45, 2.75) is 44.6 Å². The summed E-state index contributed by atoms with van der Waals surface area (Å²) >= 11 is 0. The summed E-state index contributed by atoms with van der Waals surface area (Å²) in [7, 11) is 0. The summed E-state index contributed by atoms with van der Waals surface area (Å²) in [6, 6.07) is 6.12. The van der Waals surface area contributed by atoms with E-state index < -0.39 is 6.04 Å². The second kappa shape index (κ2) is 7.23. The second-order valence-corrected chi connectivity index (χ2v) is 6.24. The highest BCUT2D eigenvalue weighted by molar-refractivity contribution is 5.85. The number of hydrogen-bond donors (Lipinski definition) is 2. The first-order valence-corrected chi connectivity index (χ1v) is 7.22. The molecule has 0 bridgehead atoms. The minimum atomic E-state index is -0.445. The summed E-state index contributed by atoms with van der Waals surface area (Å²) in [5.74, 6) is 0.0855. The van der Waals surface area contributed by atoms with Crippen LogP contribution in [0.1, 0.15) is 38.7 Å². The molecule has 0 unspecified atom stereocenters. The summed E-state index contributed by atoms with van der Waals surface area (Å²) in [5, 5.41) is 2.95. The number of carbonyl (C=O) groups is 1. The van der Waals surface area contributed by atoms with E-state index in [1.807, 2.05) is 26.0 Å². The highest BCUT2D eigenvalue weighted by Crippen LogP contribution is 2.47. The molecule has 21 heavy (non-hydrogen) atoms. The molecule has 0 aromatic heterocycles. The molecule has 0 spiro atoms. The van der Waals surface area contributed by atoms with E-state index in [0.29, 0.717) is 18.9 Å². The summed E-state index contributed by atoms with van der Waals surface area (Å²) in [5.41, 5.74) is 6.95. The van der Waals surface area contributed by atoms with Crippen LogP contribution in [0.25, 0.3) is 0 Å². The predicted octanol–water partition coefficient (Wildman–Crippen LogP) is 2.77. The molecule has 118 valence electrons. The van der Waals surface area contributed by atoms with Gasteiger partial charge in [-0.3, -0.25) is 4.79 Å². The number of amides is 1. The molecule has 1 atom stereocenters. The van der Waals surface area contributed by atoms with Crippen molar-refractivity contribution in [2.24, 2.45) is 11.7 Å². The molecule has 1 aromatic rings. The number of halogens is 2. The normalized spacial score (nSPS) is 17.0. The maximum atomic E-state index is 13.0. The van der Waals surface area contributed by atoms with E-state index in [1.54, 1.807) is 0 Å². The van der Waals surface area contributed by atoms with E-state index in [0.717, 1.165) is 18.4 Å². The Balaban J connectivity index is 0.00000220. The average Bonchev–Trinajstić information content (AvgIpc) is 3.17. The van der Waals surface area contributed by atoms with Crippen LogP contribution in [0, 0.1) is 11.7 Å². The van der Waals surface area contributed by atoms with Crippen molar-refractivity contribution in [1.29, 1.82) is 0 Å². The predicted molar refractivity (Wildman–Crippen MR) is 85.0 cm³/mol. The molecule has 3 nitrogen and oxygen atoms in total. The minimum Gasteiger partial charge on any atom is -0.354 e. The maximum Gasteiger partial charge on any atom is 0.236 e. The van der Waals surface area contributed by atoms with E-state index in [9.17, 15) is 9.18 Å². The Morgan fingerprint density at radius 3 is 2.38 bits per heavy atom. The number of hydrogen-bond acceptors (Lipinski definition) is 2. The number of nitrogens with two attached hydrogens (primary N) is 1. The number of benzene rings is 1. The Morgan fingerprint density at radius 2 is 1.90 bits per heavy atom. The van der Waals surface area contributed by atoms with Crippen LogP contribution in [0.4, 0.5) is 4.39 Å². The Labute approximate surface area is 131 Å². The second-order valence-electron chi connectivity index (χ2n) is 6.24. The van der Waals surface area contributed by atoms with Gasteiger partial charge in [0.1, 0.15) is 5.82 Å². The van der Waals surface area contributed by atoms with Crippen molar-refractivity contribution in [1.82, 2.24) is 5.32 Å². The first-order chi connectivity index (χ1) is 9.43. The van der Waals surface area contributed by atoms with Crippen LogP contribution < -0.4 is 11.1 Å². The van der Waals surface area contributed by atoms with E-state index in [-0.39, 0.29) is 29.5 Å². The van der Waals surface area contributed by atoms with Crippen molar-refractivity contribution >= 4 is 18.3 Å². The standard InChI is InChI=1S/C16H23FN2O.ClH/c1-11(2)9-14(18)15(20)19-10-16(7-8-16)12-3-5-13(17)6-4-12;/h3-6,11,14H,7-10,18H2,1-2H3,(H,19,20);1H/t14-;/m0./s1. The van der Waals surface area contributed by atoms with Gasteiger partial charge in [-0.25, -0.2) is 4.39 Å². The van der Waals surface area contributed by atoms with Crippen molar-refractivity contribution in [3.8, 4) is 0 Å². The van der Waals surface area contributed by atoms with Gasteiger partial charge in [-0.1, -0.05) is 26.0 Å². The zero-order valence-electron chi connectivity index (χ0n) is 12.6. The van der Waals surface area contributed by atoms with Crippen LogP contribution in [-0.2, 0) is 10.2 Å². The highest BCUT2D eigenvalue weighted by Gasteiger charge is 2.44. The minimum absolute atomic E-state index is 0. The summed E-state index contributed by atoms with van der Waals surface area (Å²) < 4.78 is 13.0. The van der Waals surface area contributed by atoms with E-state index in [2.05, 4.69) is 5.32 Å². The third-order valence-electron chi connectivity index (χ3n) is 3.97. The van der Waals surface area contributed by atoms with Gasteiger partial charge in [0.15, 0.2) is 0 Å². The summed E-state index contributed by atoms with van der Waals surface area (Å²) in [6.45, 7) is 4.69. The van der Waals surface area contributed by atoms with Crippen molar-refractivity contribution in [3.05, 3.63) is 35.6 Å². The monoisotopic (exact) mass is 314 g/mol. The lowest BCUT2D eigenvalue weighted by atomic mass is 9.95. The molecule has 5 heteroatoms. The van der Waals surface area contributed by atoms with Crippen LogP contribution in [0.3, 0.4) is 0 Å². The average molecular weight is 315 g/mol. The van der Waals surface area contributed by atoms with E-state index in [4.69, 9.17) is 5.73 Å². The van der Waals surface area contributed by atoms with Crippen LogP contribution in [-0.4, -0.2) is 18.5 Å². The lowest BCUT2D eigenvalue weighted by molar-refractivity contribution is -0.122. The largest absolute Gasteiger partial charge is 0.354 e. The Morgan fingerprint density at radius 1 is 1.33 bits per heavy atom. The van der Waals surface area contributed by atoms with Gasteiger partial charge in [0, 0.05) is 12.0 Å². The first kappa shape index (κ1) is 17.9. The summed E-state index contributed by atoms with van der Waals surface area (Å²) in [4.78, 5) is 11.9. The van der Waals surface area contributed by atoms with E-state index in [1.165, 1.54) is 12.1 Å². The molecule has 2 rings (SSSR count).